The Balaban J connectivity index is 0.000000288. The molecule has 2 N–H and O–H groups in total. The van der Waals surface area contributed by atoms with Gasteiger partial charge in [0.2, 0.25) is 0 Å². The fourth-order valence-corrected chi connectivity index (χ4v) is 11.2. The number of carbonyl (C=O) groups excluding carboxylic acids is 2. The van der Waals surface area contributed by atoms with E-state index in [4.69, 9.17) is 9.47 Å². The molecule has 3 fully saturated rings. The molecule has 4 rings (SSSR count). The number of allylic oxidation sites excluding steroid dienone is 1. The van der Waals surface area contributed by atoms with Gasteiger partial charge in [-0.25, -0.2) is 4.79 Å². The zero-order valence-electron chi connectivity index (χ0n) is 35.6. The Hall–Kier alpha value is -1.40. The first-order valence-electron chi connectivity index (χ1n) is 22.7. The molecule has 4 aliphatic carbocycles. The third kappa shape index (κ3) is 13.9. The Kier molecular flexibility index (Phi) is 20.5. The standard InChI is InChI=1S/C27H46O.C20H38O5/c1-18(2)7-6-8-19(3)23-11-12-24-22-10-9-20-17-21(28)13-15-26(20,4)25(22)14-16-27(23,24)5;1-3-5-7-9-11-13-15-24-19(22)17-18(21)20(23)25-16-14-12-10-8-6-4-2/h9,18-19,21-25,28H,6-8,10-17H2,1-5H3;18,21H,3-17H2,1-2H3/t19-,21+,22+,23-,24+,25+,26+,27-;/m1./s1. The van der Waals surface area contributed by atoms with E-state index < -0.39 is 18.0 Å². The Morgan fingerprint density at radius 2 is 1.40 bits per heavy atom. The molecule has 0 saturated heterocycles. The van der Waals surface area contributed by atoms with Crippen molar-refractivity contribution in [2.45, 2.75) is 215 Å². The van der Waals surface area contributed by atoms with Crippen molar-refractivity contribution in [2.75, 3.05) is 13.2 Å². The highest BCUT2D eigenvalue weighted by atomic mass is 16.6. The van der Waals surface area contributed by atoms with Crippen molar-refractivity contribution in [1.82, 2.24) is 0 Å². The molecular weight excluding hydrogens is 661 g/mol. The minimum absolute atomic E-state index is 0.0766. The molecule has 0 aromatic heterocycles. The molecule has 0 aromatic rings. The highest BCUT2D eigenvalue weighted by molar-refractivity contribution is 5.81. The van der Waals surface area contributed by atoms with Gasteiger partial charge in [-0.15, -0.1) is 0 Å². The second-order valence-corrected chi connectivity index (χ2v) is 18.8. The maximum atomic E-state index is 11.6. The van der Waals surface area contributed by atoms with Gasteiger partial charge in [-0.05, 0) is 111 Å². The van der Waals surface area contributed by atoms with Crippen molar-refractivity contribution in [3.05, 3.63) is 11.6 Å². The van der Waals surface area contributed by atoms with Gasteiger partial charge in [0.05, 0.1) is 25.7 Å². The van der Waals surface area contributed by atoms with E-state index in [1.54, 1.807) is 5.57 Å². The highest BCUT2D eigenvalue weighted by Gasteiger charge is 2.59. The average molecular weight is 745 g/mol. The van der Waals surface area contributed by atoms with Crippen molar-refractivity contribution in [3.8, 4) is 0 Å². The van der Waals surface area contributed by atoms with Crippen molar-refractivity contribution in [3.63, 3.8) is 0 Å². The zero-order valence-corrected chi connectivity index (χ0v) is 35.6. The molecule has 0 aromatic carbocycles. The average Bonchev–Trinajstić information content (AvgIpc) is 3.48. The molecule has 6 heteroatoms. The summed E-state index contributed by atoms with van der Waals surface area (Å²) >= 11 is 0. The lowest BCUT2D eigenvalue weighted by Crippen LogP contribution is -2.50. The topological polar surface area (TPSA) is 93.1 Å². The van der Waals surface area contributed by atoms with Crippen LogP contribution < -0.4 is 0 Å². The maximum absolute atomic E-state index is 11.6. The van der Waals surface area contributed by atoms with Crippen molar-refractivity contribution >= 4 is 11.9 Å². The molecule has 0 heterocycles. The van der Waals surface area contributed by atoms with E-state index in [1.165, 1.54) is 96.3 Å². The van der Waals surface area contributed by atoms with Crippen LogP contribution in [-0.4, -0.2) is 47.6 Å². The SMILES string of the molecule is CC(C)CCC[C@@H](C)[C@H]1CC[C@H]2[C@@H]3CC=C4C[C@@H](O)CC[C@]4(C)[C@H]3CC[C@]12C.CCCCCCCCOC(=O)CC(O)C(=O)OCCCCCCCC. The first kappa shape index (κ1) is 46.0. The minimum atomic E-state index is -1.42. The first-order valence-corrected chi connectivity index (χ1v) is 22.7. The second kappa shape index (κ2) is 23.6. The van der Waals surface area contributed by atoms with Crippen LogP contribution >= 0.6 is 0 Å². The van der Waals surface area contributed by atoms with Crippen LogP contribution in [0.4, 0.5) is 0 Å². The van der Waals surface area contributed by atoms with Gasteiger partial charge in [-0.3, -0.25) is 4.79 Å². The predicted molar refractivity (Wildman–Crippen MR) is 218 cm³/mol. The van der Waals surface area contributed by atoms with Crippen molar-refractivity contribution in [1.29, 1.82) is 0 Å². The van der Waals surface area contributed by atoms with Gasteiger partial charge in [0.15, 0.2) is 6.10 Å². The van der Waals surface area contributed by atoms with Gasteiger partial charge < -0.3 is 19.7 Å². The zero-order chi connectivity index (χ0) is 38.9. The van der Waals surface area contributed by atoms with Crippen LogP contribution in [0.1, 0.15) is 203 Å². The monoisotopic (exact) mass is 745 g/mol. The van der Waals surface area contributed by atoms with Crippen LogP contribution in [0.15, 0.2) is 11.6 Å². The number of carbonyl (C=O) groups is 2. The van der Waals surface area contributed by atoms with E-state index in [9.17, 15) is 19.8 Å². The van der Waals surface area contributed by atoms with Crippen LogP contribution in [0.5, 0.6) is 0 Å². The lowest BCUT2D eigenvalue weighted by atomic mass is 9.47. The molecule has 0 spiro atoms. The summed E-state index contributed by atoms with van der Waals surface area (Å²) in [7, 11) is 0. The Morgan fingerprint density at radius 1 is 0.774 bits per heavy atom. The molecule has 0 bridgehead atoms. The lowest BCUT2D eigenvalue weighted by molar-refractivity contribution is -0.160. The number of esters is 2. The molecule has 308 valence electrons. The number of ether oxygens (including phenoxy) is 2. The van der Waals surface area contributed by atoms with E-state index in [0.29, 0.717) is 24.0 Å². The van der Waals surface area contributed by atoms with E-state index in [1.807, 2.05) is 0 Å². The van der Waals surface area contributed by atoms with Gasteiger partial charge in [0.1, 0.15) is 0 Å². The van der Waals surface area contributed by atoms with E-state index in [0.717, 1.165) is 86.9 Å². The second-order valence-electron chi connectivity index (χ2n) is 18.8. The van der Waals surface area contributed by atoms with Crippen LogP contribution in [0.25, 0.3) is 0 Å². The number of aliphatic hydroxyl groups is 2. The summed E-state index contributed by atoms with van der Waals surface area (Å²) in [6.45, 7) is 17.6. The van der Waals surface area contributed by atoms with Gasteiger partial charge in [-0.2, -0.15) is 0 Å². The van der Waals surface area contributed by atoms with Crippen LogP contribution in [0.2, 0.25) is 0 Å². The van der Waals surface area contributed by atoms with Crippen LogP contribution in [0, 0.1) is 46.3 Å². The normalized spacial score (nSPS) is 30.2. The first-order chi connectivity index (χ1) is 25.4. The number of hydrogen-bond donors (Lipinski definition) is 2. The van der Waals surface area contributed by atoms with Crippen molar-refractivity contribution < 1.29 is 29.3 Å². The minimum Gasteiger partial charge on any atom is -0.466 e. The van der Waals surface area contributed by atoms with Crippen LogP contribution in [0.3, 0.4) is 0 Å². The number of rotatable bonds is 22. The molecule has 0 aliphatic heterocycles. The summed E-state index contributed by atoms with van der Waals surface area (Å²) < 4.78 is 10.0. The predicted octanol–water partition coefficient (Wildman–Crippen LogP) is 11.9. The Bertz CT molecular complexity index is 1080. The number of fused-ring (bicyclic) bond motifs is 5. The summed E-state index contributed by atoms with van der Waals surface area (Å²) in [6.07, 6.45) is 28.7. The van der Waals surface area contributed by atoms with E-state index >= 15 is 0 Å². The summed E-state index contributed by atoms with van der Waals surface area (Å²) in [5, 5.41) is 19.9. The number of aliphatic hydroxyl groups excluding tert-OH is 2. The summed E-state index contributed by atoms with van der Waals surface area (Å²) in [5.41, 5.74) is 2.60. The van der Waals surface area contributed by atoms with Crippen LogP contribution in [-0.2, 0) is 19.1 Å². The molecular formula is C47H84O6. The number of unbranched alkanes of at least 4 members (excludes halogenated alkanes) is 10. The molecule has 4 aliphatic rings. The van der Waals surface area contributed by atoms with Gasteiger partial charge in [0.25, 0.3) is 0 Å². The van der Waals surface area contributed by atoms with Crippen molar-refractivity contribution in [2.24, 2.45) is 46.3 Å². The molecule has 53 heavy (non-hydrogen) atoms. The highest BCUT2D eigenvalue weighted by Crippen LogP contribution is 2.67. The molecule has 9 atom stereocenters. The third-order valence-corrected chi connectivity index (χ3v) is 14.4. The van der Waals surface area contributed by atoms with Gasteiger partial charge >= 0.3 is 11.9 Å². The quantitative estimate of drug-likeness (QED) is 0.0651. The fraction of sp³-hybridized carbons (Fsp3) is 0.915. The number of hydrogen-bond acceptors (Lipinski definition) is 6. The maximum Gasteiger partial charge on any atom is 0.335 e. The molecule has 6 nitrogen and oxygen atoms in total. The molecule has 0 radical (unpaired) electrons. The summed E-state index contributed by atoms with van der Waals surface area (Å²) in [5.74, 6) is 4.18. The molecule has 3 saturated carbocycles. The third-order valence-electron chi connectivity index (χ3n) is 14.4. The van der Waals surface area contributed by atoms with Gasteiger partial charge in [-0.1, -0.05) is 144 Å². The van der Waals surface area contributed by atoms with Gasteiger partial charge in [0, 0.05) is 0 Å². The smallest absolute Gasteiger partial charge is 0.335 e. The van der Waals surface area contributed by atoms with E-state index in [2.05, 4.69) is 54.5 Å². The Labute approximate surface area is 326 Å². The summed E-state index contributed by atoms with van der Waals surface area (Å²) in [4.78, 5) is 23.2. The fourth-order valence-electron chi connectivity index (χ4n) is 11.2. The molecule has 1 unspecified atom stereocenters. The lowest BCUT2D eigenvalue weighted by Gasteiger charge is -2.58. The largest absolute Gasteiger partial charge is 0.466 e. The summed E-state index contributed by atoms with van der Waals surface area (Å²) in [6, 6.07) is 0. The van der Waals surface area contributed by atoms with E-state index in [-0.39, 0.29) is 12.5 Å². The molecule has 0 amide bonds. The Morgan fingerprint density at radius 3 is 2.04 bits per heavy atom.